The number of nitriles is 1. The fourth-order valence-corrected chi connectivity index (χ4v) is 2.60. The van der Waals surface area contributed by atoms with E-state index in [0.29, 0.717) is 18.0 Å². The molecule has 140 valence electrons. The first-order valence-electron chi connectivity index (χ1n) is 8.46. The summed E-state index contributed by atoms with van der Waals surface area (Å²) in [5.74, 6) is -1.58. The minimum Gasteiger partial charge on any atom is -0.378 e. The van der Waals surface area contributed by atoms with E-state index in [1.165, 1.54) is 12.1 Å². The Labute approximate surface area is 163 Å². The normalized spacial score (nSPS) is 10.0. The molecule has 0 bridgehead atoms. The molecule has 0 aliphatic heterocycles. The van der Waals surface area contributed by atoms with Crippen LogP contribution >= 0.6 is 11.6 Å². The second-order valence-electron chi connectivity index (χ2n) is 6.18. The molecule has 0 fully saturated rings. The number of rotatable bonds is 6. The fraction of sp³-hybridized carbons (Fsp3) is 0.250. The number of benzene rings is 2. The van der Waals surface area contributed by atoms with Gasteiger partial charge in [-0.3, -0.25) is 9.59 Å². The van der Waals surface area contributed by atoms with E-state index in [1.54, 1.807) is 6.07 Å². The van der Waals surface area contributed by atoms with E-state index in [2.05, 4.69) is 10.6 Å². The summed E-state index contributed by atoms with van der Waals surface area (Å²) >= 11 is 5.86. The number of hydrogen-bond donors (Lipinski definition) is 2. The molecular formula is C20H21ClN4O2. The summed E-state index contributed by atoms with van der Waals surface area (Å²) in [6, 6.07) is 14.6. The van der Waals surface area contributed by atoms with Gasteiger partial charge in [-0.25, -0.2) is 0 Å². The zero-order valence-corrected chi connectivity index (χ0v) is 16.0. The number of nitrogens with zero attached hydrogens (tertiary/aromatic N) is 2. The van der Waals surface area contributed by atoms with E-state index < -0.39 is 11.8 Å². The third-order valence-corrected chi connectivity index (χ3v) is 4.17. The third-order valence-electron chi connectivity index (χ3n) is 3.94. The average Bonchev–Trinajstić information content (AvgIpc) is 2.65. The zero-order chi connectivity index (χ0) is 19.8. The first kappa shape index (κ1) is 20.3. The van der Waals surface area contributed by atoms with Gasteiger partial charge in [-0.15, -0.1) is 0 Å². The van der Waals surface area contributed by atoms with Crippen molar-refractivity contribution in [2.75, 3.05) is 30.9 Å². The highest BCUT2D eigenvalue weighted by molar-refractivity contribution is 6.40. The van der Waals surface area contributed by atoms with Gasteiger partial charge in [0, 0.05) is 31.4 Å². The largest absolute Gasteiger partial charge is 0.378 e. The van der Waals surface area contributed by atoms with Gasteiger partial charge in [-0.05, 0) is 48.7 Å². The van der Waals surface area contributed by atoms with E-state index in [1.807, 2.05) is 49.3 Å². The van der Waals surface area contributed by atoms with Crippen LogP contribution in [0.25, 0.3) is 0 Å². The van der Waals surface area contributed by atoms with Crippen LogP contribution in [0.5, 0.6) is 0 Å². The smallest absolute Gasteiger partial charge is 0.313 e. The molecule has 0 spiro atoms. The lowest BCUT2D eigenvalue weighted by atomic mass is 10.1. The average molecular weight is 385 g/mol. The van der Waals surface area contributed by atoms with E-state index in [9.17, 15) is 9.59 Å². The quantitative estimate of drug-likeness (QED) is 0.592. The molecule has 0 aliphatic rings. The topological polar surface area (TPSA) is 85.2 Å². The summed E-state index contributed by atoms with van der Waals surface area (Å²) in [6.45, 7) is 0.377. The van der Waals surface area contributed by atoms with Crippen LogP contribution in [0.15, 0.2) is 42.5 Å². The number of nitrogens with one attached hydrogen (secondary N) is 2. The van der Waals surface area contributed by atoms with Crippen molar-refractivity contribution in [1.82, 2.24) is 5.32 Å². The molecule has 6 nitrogen and oxygen atoms in total. The van der Waals surface area contributed by atoms with Gasteiger partial charge in [0.15, 0.2) is 0 Å². The van der Waals surface area contributed by atoms with Crippen molar-refractivity contribution in [1.29, 1.82) is 5.26 Å². The Kier molecular flexibility index (Phi) is 7.21. The van der Waals surface area contributed by atoms with Gasteiger partial charge in [-0.2, -0.15) is 5.26 Å². The molecule has 0 saturated carbocycles. The first-order valence-corrected chi connectivity index (χ1v) is 8.83. The second kappa shape index (κ2) is 9.60. The van der Waals surface area contributed by atoms with Crippen LogP contribution in [0.4, 0.5) is 11.4 Å². The number of aryl methyl sites for hydroxylation is 1. The maximum Gasteiger partial charge on any atom is 0.313 e. The van der Waals surface area contributed by atoms with Gasteiger partial charge in [0.05, 0.1) is 11.3 Å². The van der Waals surface area contributed by atoms with Crippen molar-refractivity contribution in [2.24, 2.45) is 0 Å². The number of anilines is 2. The fourth-order valence-electron chi connectivity index (χ4n) is 2.43. The molecule has 0 saturated heterocycles. The Morgan fingerprint density at radius 2 is 1.81 bits per heavy atom. The number of hydrogen-bond acceptors (Lipinski definition) is 4. The predicted octanol–water partition coefficient (Wildman–Crippen LogP) is 2.97. The molecule has 2 rings (SSSR count). The molecular weight excluding hydrogens is 364 g/mol. The highest BCUT2D eigenvalue weighted by atomic mass is 35.5. The van der Waals surface area contributed by atoms with E-state index >= 15 is 0 Å². The van der Waals surface area contributed by atoms with Crippen LogP contribution in [0.1, 0.15) is 17.5 Å². The molecule has 0 unspecified atom stereocenters. The summed E-state index contributed by atoms with van der Waals surface area (Å²) in [5.41, 5.74) is 2.74. The predicted molar refractivity (Wildman–Crippen MR) is 107 cm³/mol. The van der Waals surface area contributed by atoms with Crippen molar-refractivity contribution in [3.8, 4) is 6.07 Å². The van der Waals surface area contributed by atoms with Crippen LogP contribution in [-0.2, 0) is 16.0 Å². The monoisotopic (exact) mass is 384 g/mol. The molecule has 7 heteroatoms. The van der Waals surface area contributed by atoms with Crippen LogP contribution in [0.2, 0.25) is 5.02 Å². The molecule has 0 heterocycles. The van der Waals surface area contributed by atoms with Gasteiger partial charge < -0.3 is 15.5 Å². The zero-order valence-electron chi connectivity index (χ0n) is 15.3. The number of amides is 2. The molecule has 2 aromatic carbocycles. The van der Waals surface area contributed by atoms with Crippen LogP contribution in [0, 0.1) is 11.3 Å². The number of halogens is 1. The van der Waals surface area contributed by atoms with Crippen molar-refractivity contribution in [2.45, 2.75) is 12.8 Å². The Balaban J connectivity index is 1.79. The molecule has 2 aromatic rings. The Bertz CT molecular complexity index is 857. The summed E-state index contributed by atoms with van der Waals surface area (Å²) in [7, 11) is 3.97. The lowest BCUT2D eigenvalue weighted by molar-refractivity contribution is -0.136. The Hall–Kier alpha value is -3.04. The summed E-state index contributed by atoms with van der Waals surface area (Å²) in [5, 5.41) is 14.4. The van der Waals surface area contributed by atoms with Gasteiger partial charge in [0.2, 0.25) is 0 Å². The standard InChI is InChI=1S/C20H21ClN4O2/c1-25(2)17-9-5-14(6-10-17)4-3-11-23-19(26)20(27)24-18-12-16(21)8-7-15(18)13-22/h5-10,12H,3-4,11H2,1-2H3,(H,23,26)(H,24,27). The lowest BCUT2D eigenvalue weighted by Crippen LogP contribution is -2.36. The maximum atomic E-state index is 12.0. The van der Waals surface area contributed by atoms with Gasteiger partial charge in [0.1, 0.15) is 6.07 Å². The highest BCUT2D eigenvalue weighted by Gasteiger charge is 2.15. The molecule has 2 N–H and O–H groups in total. The minimum atomic E-state index is -0.830. The third kappa shape index (κ3) is 6.01. The molecule has 2 amide bonds. The van der Waals surface area contributed by atoms with E-state index in [0.717, 1.165) is 17.7 Å². The first-order chi connectivity index (χ1) is 12.9. The molecule has 0 atom stereocenters. The van der Waals surface area contributed by atoms with Crippen LogP contribution < -0.4 is 15.5 Å². The van der Waals surface area contributed by atoms with Gasteiger partial charge >= 0.3 is 11.8 Å². The van der Waals surface area contributed by atoms with Crippen LogP contribution in [0.3, 0.4) is 0 Å². The summed E-state index contributed by atoms with van der Waals surface area (Å²) in [4.78, 5) is 25.9. The molecule has 0 radical (unpaired) electrons. The van der Waals surface area contributed by atoms with Crippen molar-refractivity contribution in [3.05, 3.63) is 58.6 Å². The molecule has 0 aromatic heterocycles. The lowest BCUT2D eigenvalue weighted by Gasteiger charge is -2.12. The Morgan fingerprint density at radius 3 is 2.44 bits per heavy atom. The second-order valence-corrected chi connectivity index (χ2v) is 6.61. The highest BCUT2D eigenvalue weighted by Crippen LogP contribution is 2.20. The summed E-state index contributed by atoms with van der Waals surface area (Å²) < 4.78 is 0. The number of carbonyl (C=O) groups is 2. The van der Waals surface area contributed by atoms with Crippen LogP contribution in [-0.4, -0.2) is 32.5 Å². The SMILES string of the molecule is CN(C)c1ccc(CCCNC(=O)C(=O)Nc2cc(Cl)ccc2C#N)cc1. The van der Waals surface area contributed by atoms with Crippen molar-refractivity contribution >= 4 is 34.8 Å². The van der Waals surface area contributed by atoms with E-state index in [-0.39, 0.29) is 11.3 Å². The summed E-state index contributed by atoms with van der Waals surface area (Å²) in [6.07, 6.45) is 1.50. The minimum absolute atomic E-state index is 0.214. The Morgan fingerprint density at radius 1 is 1.11 bits per heavy atom. The van der Waals surface area contributed by atoms with Gasteiger partial charge in [-0.1, -0.05) is 23.7 Å². The van der Waals surface area contributed by atoms with Crippen molar-refractivity contribution in [3.63, 3.8) is 0 Å². The number of carbonyl (C=O) groups excluding carboxylic acids is 2. The van der Waals surface area contributed by atoms with Gasteiger partial charge in [0.25, 0.3) is 0 Å². The van der Waals surface area contributed by atoms with E-state index in [4.69, 9.17) is 16.9 Å². The van der Waals surface area contributed by atoms with Crippen molar-refractivity contribution < 1.29 is 9.59 Å². The molecule has 27 heavy (non-hydrogen) atoms. The maximum absolute atomic E-state index is 12.0. The molecule has 0 aliphatic carbocycles.